The third kappa shape index (κ3) is 6.70. The molecule has 0 spiro atoms. The molecular formula is C26H38N4OSi. The van der Waals surface area contributed by atoms with Gasteiger partial charge in [0.1, 0.15) is 11.7 Å². The molecule has 0 atom stereocenters. The van der Waals surface area contributed by atoms with E-state index in [2.05, 4.69) is 55.4 Å². The quantitative estimate of drug-likeness (QED) is 0.302. The number of amidine groups is 2. The van der Waals surface area contributed by atoms with Gasteiger partial charge in [-0.15, -0.1) is 0 Å². The average Bonchev–Trinajstić information content (AvgIpc) is 2.73. The molecule has 0 amide bonds. The first-order valence-electron chi connectivity index (χ1n) is 11.5. The average molecular weight is 451 g/mol. The molecule has 0 saturated heterocycles. The highest BCUT2D eigenvalue weighted by atomic mass is 28.3. The van der Waals surface area contributed by atoms with E-state index in [-0.39, 0.29) is 24.2 Å². The van der Waals surface area contributed by atoms with Gasteiger partial charge in [-0.3, -0.25) is 9.98 Å². The topological polar surface area (TPSA) is 48.3 Å². The van der Waals surface area contributed by atoms with Crippen LogP contribution in [0.1, 0.15) is 66.5 Å². The van der Waals surface area contributed by atoms with E-state index >= 15 is 0 Å². The van der Waals surface area contributed by atoms with Gasteiger partial charge in [0, 0.05) is 35.3 Å². The van der Waals surface area contributed by atoms with Crippen LogP contribution in [0.4, 0.5) is 0 Å². The smallest absolute Gasteiger partial charge is 0.329 e. The fourth-order valence-electron chi connectivity index (χ4n) is 3.44. The van der Waals surface area contributed by atoms with Crippen molar-refractivity contribution >= 4 is 20.7 Å². The predicted molar refractivity (Wildman–Crippen MR) is 137 cm³/mol. The van der Waals surface area contributed by atoms with Gasteiger partial charge in [-0.05, 0) is 55.4 Å². The lowest BCUT2D eigenvalue weighted by Gasteiger charge is -2.36. The summed E-state index contributed by atoms with van der Waals surface area (Å²) in [6.07, 6.45) is 0. The Morgan fingerprint density at radius 2 is 0.938 bits per heavy atom. The molecule has 0 heterocycles. The number of aliphatic imine (C=N–C) groups is 2. The molecule has 0 aliphatic carbocycles. The van der Waals surface area contributed by atoms with Crippen LogP contribution in [0.15, 0.2) is 70.6 Å². The molecule has 0 aliphatic heterocycles. The summed E-state index contributed by atoms with van der Waals surface area (Å²) in [6.45, 7) is 16.5. The predicted octanol–water partition coefficient (Wildman–Crippen LogP) is 5.53. The molecule has 2 aromatic rings. The van der Waals surface area contributed by atoms with Gasteiger partial charge < -0.3 is 13.6 Å². The zero-order valence-corrected chi connectivity index (χ0v) is 21.8. The van der Waals surface area contributed by atoms with E-state index in [1.54, 1.807) is 0 Å². The van der Waals surface area contributed by atoms with E-state index in [9.17, 15) is 4.46 Å². The number of hydrogen-bond acceptors (Lipinski definition) is 3. The van der Waals surface area contributed by atoms with E-state index in [0.29, 0.717) is 0 Å². The molecule has 0 unspecified atom stereocenters. The van der Waals surface area contributed by atoms with Crippen molar-refractivity contribution in [3.63, 3.8) is 0 Å². The lowest BCUT2D eigenvalue weighted by molar-refractivity contribution is 0.366. The van der Waals surface area contributed by atoms with Crippen LogP contribution in [-0.4, -0.2) is 54.0 Å². The summed E-state index contributed by atoms with van der Waals surface area (Å²) in [5.74, 6) is 1.53. The summed E-state index contributed by atoms with van der Waals surface area (Å²) in [6, 6.07) is 20.2. The van der Waals surface area contributed by atoms with Crippen LogP contribution in [0.2, 0.25) is 0 Å². The van der Waals surface area contributed by atoms with E-state index in [4.69, 9.17) is 9.98 Å². The third-order valence-corrected chi connectivity index (χ3v) is 7.01. The van der Waals surface area contributed by atoms with E-state index in [0.717, 1.165) is 22.8 Å². The van der Waals surface area contributed by atoms with Crippen LogP contribution < -0.4 is 0 Å². The number of nitrogens with zero attached hydrogens (tertiary/aromatic N) is 4. The molecule has 32 heavy (non-hydrogen) atoms. The summed E-state index contributed by atoms with van der Waals surface area (Å²) in [5, 5.41) is 0. The van der Waals surface area contributed by atoms with Crippen LogP contribution >= 0.6 is 0 Å². The summed E-state index contributed by atoms with van der Waals surface area (Å²) < 4.78 is 18.4. The van der Waals surface area contributed by atoms with Gasteiger partial charge in [-0.2, -0.15) is 0 Å². The van der Waals surface area contributed by atoms with Crippen molar-refractivity contribution in [3.8, 4) is 0 Å². The SMILES string of the molecule is CC(C)N=C(c1ccccc1)N(C(C)C)[Si](=O)N(C(=NC(C)C)c1ccccc1)C(C)C. The Balaban J connectivity index is 2.66. The summed E-state index contributed by atoms with van der Waals surface area (Å²) in [7, 11) is -2.49. The van der Waals surface area contributed by atoms with Gasteiger partial charge in [-0.1, -0.05) is 60.7 Å². The normalized spacial score (nSPS) is 12.8. The molecule has 0 aliphatic rings. The molecule has 172 valence electrons. The van der Waals surface area contributed by atoms with Crippen molar-refractivity contribution < 1.29 is 4.46 Å². The Hall–Kier alpha value is -2.60. The fraction of sp³-hybridized carbons (Fsp3) is 0.462. The van der Waals surface area contributed by atoms with Gasteiger partial charge in [0.2, 0.25) is 0 Å². The summed E-state index contributed by atoms with van der Waals surface area (Å²) in [4.78, 5) is 9.85. The number of benzene rings is 2. The van der Waals surface area contributed by atoms with Crippen LogP contribution in [0.5, 0.6) is 0 Å². The Morgan fingerprint density at radius 1 is 0.625 bits per heavy atom. The monoisotopic (exact) mass is 450 g/mol. The molecule has 6 heteroatoms. The van der Waals surface area contributed by atoms with Crippen LogP contribution in [0, 0.1) is 0 Å². The molecule has 5 nitrogen and oxygen atoms in total. The van der Waals surface area contributed by atoms with Crippen molar-refractivity contribution in [1.82, 2.24) is 9.13 Å². The summed E-state index contributed by atoms with van der Waals surface area (Å²) in [5.41, 5.74) is 1.94. The number of rotatable bonds is 8. The Bertz CT molecular complexity index is 846. The zero-order valence-electron chi connectivity index (χ0n) is 20.8. The molecule has 0 fully saturated rings. The largest absolute Gasteiger partial charge is 0.533 e. The minimum Gasteiger partial charge on any atom is -0.329 e. The van der Waals surface area contributed by atoms with Crippen molar-refractivity contribution in [2.24, 2.45) is 9.98 Å². The highest BCUT2D eigenvalue weighted by Crippen LogP contribution is 2.18. The summed E-state index contributed by atoms with van der Waals surface area (Å²) >= 11 is 0. The molecule has 2 rings (SSSR count). The van der Waals surface area contributed by atoms with Crippen LogP contribution in [0.25, 0.3) is 0 Å². The second kappa shape index (κ2) is 11.9. The number of hydrogen-bond donors (Lipinski definition) is 0. The van der Waals surface area contributed by atoms with Gasteiger partial charge in [-0.25, -0.2) is 0 Å². The highest BCUT2D eigenvalue weighted by Gasteiger charge is 2.35. The van der Waals surface area contributed by atoms with Crippen LogP contribution in [0.3, 0.4) is 0 Å². The maximum Gasteiger partial charge on any atom is 0.533 e. The second-order valence-electron chi connectivity index (χ2n) is 9.04. The maximum atomic E-state index is 14.4. The van der Waals surface area contributed by atoms with Crippen LogP contribution in [-0.2, 0) is 4.46 Å². The minimum absolute atomic E-state index is 0.00332. The second-order valence-corrected chi connectivity index (χ2v) is 10.6. The Labute approximate surface area is 195 Å². The Kier molecular flexibility index (Phi) is 9.51. The highest BCUT2D eigenvalue weighted by molar-refractivity contribution is 6.47. The van der Waals surface area contributed by atoms with Crippen molar-refractivity contribution in [2.75, 3.05) is 0 Å². The third-order valence-electron chi connectivity index (χ3n) is 4.73. The van der Waals surface area contributed by atoms with E-state index < -0.39 is 9.01 Å². The van der Waals surface area contributed by atoms with Gasteiger partial charge in [0.25, 0.3) is 0 Å². The van der Waals surface area contributed by atoms with E-state index in [1.807, 2.05) is 69.8 Å². The molecular weight excluding hydrogens is 412 g/mol. The molecule has 2 aromatic carbocycles. The molecule has 0 radical (unpaired) electrons. The van der Waals surface area contributed by atoms with Crippen molar-refractivity contribution in [3.05, 3.63) is 71.8 Å². The molecule has 0 N–H and O–H groups in total. The van der Waals surface area contributed by atoms with Gasteiger partial charge in [0.15, 0.2) is 0 Å². The van der Waals surface area contributed by atoms with Gasteiger partial charge >= 0.3 is 9.01 Å². The van der Waals surface area contributed by atoms with Gasteiger partial charge in [0.05, 0.1) is 0 Å². The van der Waals surface area contributed by atoms with Crippen molar-refractivity contribution in [2.45, 2.75) is 79.6 Å². The Morgan fingerprint density at radius 3 is 1.19 bits per heavy atom. The van der Waals surface area contributed by atoms with E-state index in [1.165, 1.54) is 0 Å². The molecule has 0 saturated carbocycles. The standard InChI is InChI=1S/C26H38N4OSi/c1-19(2)27-25(23-15-11-9-12-16-23)29(21(5)6)32(31)30(22(7)8)26(28-20(3)4)24-17-13-10-14-18-24/h9-22H,1-8H3. The zero-order chi connectivity index (χ0) is 23.8. The molecule has 0 bridgehead atoms. The molecule has 0 aromatic heterocycles. The minimum atomic E-state index is -2.49. The first kappa shape index (κ1) is 25.7. The maximum absolute atomic E-state index is 14.4. The fourth-order valence-corrected chi connectivity index (χ4v) is 5.30. The van der Waals surface area contributed by atoms with Crippen molar-refractivity contribution in [1.29, 1.82) is 0 Å². The first-order valence-corrected chi connectivity index (χ1v) is 12.8. The first-order chi connectivity index (χ1) is 15.1. The lowest BCUT2D eigenvalue weighted by atomic mass is 10.2. The lowest BCUT2D eigenvalue weighted by Crippen LogP contribution is -2.57.